The van der Waals surface area contributed by atoms with Gasteiger partial charge in [0.05, 0.1) is 0 Å². The Kier molecular flexibility index (Phi) is 9.32. The molecule has 0 aliphatic carbocycles. The molecule has 0 spiro atoms. The summed E-state index contributed by atoms with van der Waals surface area (Å²) in [5.74, 6) is 2.78. The Morgan fingerprint density at radius 3 is 2.50 bits per heavy atom. The molecule has 1 aromatic carbocycles. The predicted molar refractivity (Wildman–Crippen MR) is 131 cm³/mol. The molecule has 30 heavy (non-hydrogen) atoms. The second-order valence-electron chi connectivity index (χ2n) is 8.18. The standard InChI is InChI=1S/C22H35N5O2.HI/c1-23-22(24-8-2-3-9-25-10-4-5-11-25)27-14-12-26(13-15-27)17-19-6-7-20-21(16-19)29-18-28-20;/h6-7,16H,2-5,8-15,17-18H2,1H3,(H,23,24);1H. The van der Waals surface area contributed by atoms with Gasteiger partial charge in [0.25, 0.3) is 0 Å². The smallest absolute Gasteiger partial charge is 0.231 e. The molecule has 3 aliphatic heterocycles. The fourth-order valence-electron chi connectivity index (χ4n) is 4.41. The molecule has 0 amide bonds. The summed E-state index contributed by atoms with van der Waals surface area (Å²) in [6.07, 6.45) is 5.24. The van der Waals surface area contributed by atoms with Crippen LogP contribution in [0, 0.1) is 0 Å². The third-order valence-electron chi connectivity index (χ3n) is 6.11. The number of unbranched alkanes of at least 4 members (excludes halogenated alkanes) is 1. The average Bonchev–Trinajstić information content (AvgIpc) is 3.43. The first-order valence-corrected chi connectivity index (χ1v) is 11.1. The van der Waals surface area contributed by atoms with E-state index in [4.69, 9.17) is 9.47 Å². The average molecular weight is 529 g/mol. The highest BCUT2D eigenvalue weighted by Crippen LogP contribution is 2.32. The molecule has 0 atom stereocenters. The summed E-state index contributed by atoms with van der Waals surface area (Å²) in [5.41, 5.74) is 1.28. The second-order valence-corrected chi connectivity index (χ2v) is 8.18. The van der Waals surface area contributed by atoms with Crippen LogP contribution in [0.1, 0.15) is 31.2 Å². The van der Waals surface area contributed by atoms with Crippen LogP contribution in [0.15, 0.2) is 23.2 Å². The van der Waals surface area contributed by atoms with Crippen molar-refractivity contribution in [1.82, 2.24) is 20.0 Å². The number of ether oxygens (including phenoxy) is 2. The molecule has 2 saturated heterocycles. The van der Waals surface area contributed by atoms with Gasteiger partial charge in [-0.15, -0.1) is 24.0 Å². The molecule has 7 nitrogen and oxygen atoms in total. The van der Waals surface area contributed by atoms with Crippen molar-refractivity contribution in [2.24, 2.45) is 4.99 Å². The monoisotopic (exact) mass is 529 g/mol. The number of fused-ring (bicyclic) bond motifs is 1. The number of aliphatic imine (C=N–C) groups is 1. The van der Waals surface area contributed by atoms with E-state index in [1.165, 1.54) is 50.9 Å². The van der Waals surface area contributed by atoms with E-state index in [1.807, 2.05) is 13.1 Å². The van der Waals surface area contributed by atoms with Gasteiger partial charge in [-0.25, -0.2) is 0 Å². The van der Waals surface area contributed by atoms with Crippen LogP contribution in [-0.2, 0) is 6.54 Å². The fourth-order valence-corrected chi connectivity index (χ4v) is 4.41. The third kappa shape index (κ3) is 6.37. The Bertz CT molecular complexity index is 688. The van der Waals surface area contributed by atoms with E-state index in [-0.39, 0.29) is 24.0 Å². The van der Waals surface area contributed by atoms with Crippen LogP contribution in [0.4, 0.5) is 0 Å². The van der Waals surface area contributed by atoms with Crippen LogP contribution in [-0.4, -0.2) is 86.9 Å². The maximum atomic E-state index is 5.50. The van der Waals surface area contributed by atoms with Gasteiger partial charge in [-0.05, 0) is 63.0 Å². The fraction of sp³-hybridized carbons (Fsp3) is 0.682. The molecule has 3 aliphatic rings. The number of piperazine rings is 1. The summed E-state index contributed by atoms with van der Waals surface area (Å²) in [6.45, 7) is 10.3. The number of halogens is 1. The van der Waals surface area contributed by atoms with E-state index in [0.29, 0.717) is 6.79 Å². The van der Waals surface area contributed by atoms with Crippen LogP contribution < -0.4 is 14.8 Å². The third-order valence-corrected chi connectivity index (χ3v) is 6.11. The molecule has 3 heterocycles. The van der Waals surface area contributed by atoms with Gasteiger partial charge in [0, 0.05) is 46.3 Å². The Hall–Kier alpha value is -1.26. The summed E-state index contributed by atoms with van der Waals surface area (Å²) < 4.78 is 10.9. The van der Waals surface area contributed by atoms with Crippen LogP contribution >= 0.6 is 24.0 Å². The molecule has 8 heteroatoms. The lowest BCUT2D eigenvalue weighted by Crippen LogP contribution is -2.52. The molecule has 2 fully saturated rings. The van der Waals surface area contributed by atoms with Crippen molar-refractivity contribution in [1.29, 1.82) is 0 Å². The Labute approximate surface area is 197 Å². The van der Waals surface area contributed by atoms with E-state index in [9.17, 15) is 0 Å². The zero-order valence-electron chi connectivity index (χ0n) is 18.1. The summed E-state index contributed by atoms with van der Waals surface area (Å²) in [6, 6.07) is 6.27. The number of benzene rings is 1. The van der Waals surface area contributed by atoms with Crippen LogP contribution in [0.25, 0.3) is 0 Å². The van der Waals surface area contributed by atoms with Gasteiger partial charge < -0.3 is 24.6 Å². The van der Waals surface area contributed by atoms with Gasteiger partial charge in [-0.1, -0.05) is 6.07 Å². The van der Waals surface area contributed by atoms with E-state index < -0.39 is 0 Å². The van der Waals surface area contributed by atoms with Gasteiger partial charge >= 0.3 is 0 Å². The molecule has 0 unspecified atom stereocenters. The number of nitrogens with one attached hydrogen (secondary N) is 1. The topological polar surface area (TPSA) is 52.6 Å². The van der Waals surface area contributed by atoms with E-state index in [0.717, 1.165) is 56.7 Å². The number of likely N-dealkylation sites (tertiary alicyclic amines) is 1. The molecule has 168 valence electrons. The van der Waals surface area contributed by atoms with E-state index >= 15 is 0 Å². The zero-order chi connectivity index (χ0) is 19.9. The second kappa shape index (κ2) is 12.0. The first-order valence-electron chi connectivity index (χ1n) is 11.1. The number of rotatable bonds is 7. The number of nitrogens with zero attached hydrogens (tertiary/aromatic N) is 4. The number of hydrogen-bond acceptors (Lipinski definition) is 5. The van der Waals surface area contributed by atoms with Crippen LogP contribution in [0.2, 0.25) is 0 Å². The number of hydrogen-bond donors (Lipinski definition) is 1. The van der Waals surface area contributed by atoms with Crippen molar-refractivity contribution in [2.75, 3.05) is 66.2 Å². The molecule has 0 saturated carbocycles. The van der Waals surface area contributed by atoms with Crippen molar-refractivity contribution in [3.05, 3.63) is 23.8 Å². The maximum Gasteiger partial charge on any atom is 0.231 e. The lowest BCUT2D eigenvalue weighted by molar-refractivity contribution is 0.171. The highest BCUT2D eigenvalue weighted by atomic mass is 127. The first-order chi connectivity index (χ1) is 14.3. The maximum absolute atomic E-state index is 5.50. The molecule has 4 rings (SSSR count). The summed E-state index contributed by atoms with van der Waals surface area (Å²) in [5, 5.41) is 3.57. The normalized spacial score (nSPS) is 19.8. The van der Waals surface area contributed by atoms with Crippen molar-refractivity contribution in [3.63, 3.8) is 0 Å². The lowest BCUT2D eigenvalue weighted by Gasteiger charge is -2.36. The highest BCUT2D eigenvalue weighted by molar-refractivity contribution is 14.0. The van der Waals surface area contributed by atoms with Crippen LogP contribution in [0.5, 0.6) is 11.5 Å². The first kappa shape index (κ1) is 23.4. The Morgan fingerprint density at radius 1 is 0.967 bits per heavy atom. The molecular formula is C22H36IN5O2. The van der Waals surface area contributed by atoms with E-state index in [1.54, 1.807) is 0 Å². The molecule has 1 N–H and O–H groups in total. The summed E-state index contributed by atoms with van der Waals surface area (Å²) >= 11 is 0. The van der Waals surface area contributed by atoms with Crippen molar-refractivity contribution < 1.29 is 9.47 Å². The molecule has 0 aromatic heterocycles. The van der Waals surface area contributed by atoms with Crippen molar-refractivity contribution in [2.45, 2.75) is 32.2 Å². The summed E-state index contributed by atoms with van der Waals surface area (Å²) in [4.78, 5) is 12.0. The van der Waals surface area contributed by atoms with Crippen molar-refractivity contribution in [3.8, 4) is 11.5 Å². The number of guanidine groups is 1. The molecule has 0 radical (unpaired) electrons. The molecule has 1 aromatic rings. The largest absolute Gasteiger partial charge is 0.454 e. The van der Waals surface area contributed by atoms with Gasteiger partial charge in [0.2, 0.25) is 6.79 Å². The van der Waals surface area contributed by atoms with Crippen molar-refractivity contribution >= 4 is 29.9 Å². The zero-order valence-corrected chi connectivity index (χ0v) is 20.5. The summed E-state index contributed by atoms with van der Waals surface area (Å²) in [7, 11) is 1.89. The highest BCUT2D eigenvalue weighted by Gasteiger charge is 2.21. The Balaban J connectivity index is 0.00000256. The predicted octanol–water partition coefficient (Wildman–Crippen LogP) is 2.60. The quantitative estimate of drug-likeness (QED) is 0.254. The molecule has 0 bridgehead atoms. The van der Waals surface area contributed by atoms with Gasteiger partial charge in [0.15, 0.2) is 17.5 Å². The minimum atomic E-state index is 0. The van der Waals surface area contributed by atoms with Gasteiger partial charge in [-0.3, -0.25) is 9.89 Å². The van der Waals surface area contributed by atoms with E-state index in [2.05, 4.69) is 37.1 Å². The SMILES string of the molecule is CN=C(NCCCCN1CCCC1)N1CCN(Cc2ccc3c(c2)OCO3)CC1.I. The molecular weight excluding hydrogens is 493 g/mol. The minimum Gasteiger partial charge on any atom is -0.454 e. The Morgan fingerprint density at radius 2 is 1.73 bits per heavy atom. The minimum absolute atomic E-state index is 0. The van der Waals surface area contributed by atoms with Gasteiger partial charge in [-0.2, -0.15) is 0 Å². The van der Waals surface area contributed by atoms with Gasteiger partial charge in [0.1, 0.15) is 0 Å². The lowest BCUT2D eigenvalue weighted by atomic mass is 10.1. The van der Waals surface area contributed by atoms with Crippen LogP contribution in [0.3, 0.4) is 0 Å².